The van der Waals surface area contributed by atoms with Gasteiger partial charge in [-0.3, -0.25) is 4.79 Å². The number of aryl methyl sites for hydroxylation is 3. The first-order chi connectivity index (χ1) is 15.5. The number of fused-ring (bicyclic) bond motifs is 2. The van der Waals surface area contributed by atoms with Crippen molar-refractivity contribution in [1.29, 1.82) is 0 Å². The summed E-state index contributed by atoms with van der Waals surface area (Å²) >= 11 is 0. The van der Waals surface area contributed by atoms with Crippen LogP contribution >= 0.6 is 0 Å². The summed E-state index contributed by atoms with van der Waals surface area (Å²) in [5.74, 6) is 0.693. The zero-order chi connectivity index (χ0) is 22.2. The normalized spacial score (nSPS) is 15.4. The molecule has 2 aromatic heterocycles. The van der Waals surface area contributed by atoms with Gasteiger partial charge in [0.1, 0.15) is 5.75 Å². The Labute approximate surface area is 187 Å². The number of methoxy groups -OCH3 is 1. The highest BCUT2D eigenvalue weighted by molar-refractivity contribution is 6.07. The van der Waals surface area contributed by atoms with Gasteiger partial charge < -0.3 is 10.1 Å². The molecule has 6 nitrogen and oxygen atoms in total. The number of hydrogen-bond donors (Lipinski definition) is 1. The number of rotatable bonds is 4. The van der Waals surface area contributed by atoms with Crippen molar-refractivity contribution in [3.05, 3.63) is 82.7 Å². The summed E-state index contributed by atoms with van der Waals surface area (Å²) in [6.07, 6.45) is 3.08. The molecule has 1 aliphatic carbocycles. The fourth-order valence-corrected chi connectivity index (χ4v) is 4.64. The van der Waals surface area contributed by atoms with E-state index in [1.807, 2.05) is 50.2 Å². The van der Waals surface area contributed by atoms with Crippen molar-refractivity contribution >= 4 is 16.9 Å². The van der Waals surface area contributed by atoms with Gasteiger partial charge in [-0.2, -0.15) is 5.10 Å². The molecule has 1 aliphatic rings. The van der Waals surface area contributed by atoms with Crippen molar-refractivity contribution in [3.63, 3.8) is 0 Å². The Morgan fingerprint density at radius 1 is 1.12 bits per heavy atom. The summed E-state index contributed by atoms with van der Waals surface area (Å²) in [4.78, 5) is 18.2. The number of amides is 1. The first kappa shape index (κ1) is 20.2. The van der Waals surface area contributed by atoms with Crippen LogP contribution in [0, 0.1) is 13.8 Å². The minimum absolute atomic E-state index is 0.0212. The van der Waals surface area contributed by atoms with Crippen molar-refractivity contribution in [1.82, 2.24) is 20.1 Å². The van der Waals surface area contributed by atoms with Crippen LogP contribution in [-0.4, -0.2) is 27.8 Å². The summed E-state index contributed by atoms with van der Waals surface area (Å²) in [6.45, 7) is 3.83. The molecule has 1 atom stereocenters. The fraction of sp³-hybridized carbons (Fsp3) is 0.269. The molecule has 1 N–H and O–H groups in total. The summed E-state index contributed by atoms with van der Waals surface area (Å²) in [5, 5.41) is 8.78. The fourth-order valence-electron chi connectivity index (χ4n) is 4.64. The molecule has 2 aromatic carbocycles. The van der Waals surface area contributed by atoms with E-state index in [0.29, 0.717) is 11.2 Å². The van der Waals surface area contributed by atoms with E-state index in [9.17, 15) is 4.79 Å². The van der Waals surface area contributed by atoms with Gasteiger partial charge in [0, 0.05) is 5.69 Å². The van der Waals surface area contributed by atoms with Crippen molar-refractivity contribution in [3.8, 4) is 11.4 Å². The van der Waals surface area contributed by atoms with E-state index in [0.717, 1.165) is 47.5 Å². The van der Waals surface area contributed by atoms with E-state index >= 15 is 0 Å². The quantitative estimate of drug-likeness (QED) is 0.506. The topological polar surface area (TPSA) is 69.0 Å². The maximum Gasteiger partial charge on any atom is 0.252 e. The highest BCUT2D eigenvalue weighted by Crippen LogP contribution is 2.31. The lowest BCUT2D eigenvalue weighted by molar-refractivity contribution is 0.0934. The van der Waals surface area contributed by atoms with Crippen LogP contribution in [0.3, 0.4) is 0 Å². The molecule has 0 fully saturated rings. The van der Waals surface area contributed by atoms with E-state index in [-0.39, 0.29) is 11.9 Å². The molecule has 0 saturated heterocycles. The van der Waals surface area contributed by atoms with Crippen LogP contribution in [0.4, 0.5) is 0 Å². The van der Waals surface area contributed by atoms with Gasteiger partial charge in [-0.25, -0.2) is 9.67 Å². The number of benzene rings is 2. The second-order valence-corrected chi connectivity index (χ2v) is 8.32. The second-order valence-electron chi connectivity index (χ2n) is 8.32. The number of pyridine rings is 1. The number of aromatic nitrogens is 3. The minimum atomic E-state index is -0.0837. The van der Waals surface area contributed by atoms with Crippen molar-refractivity contribution in [2.75, 3.05) is 7.11 Å². The smallest absolute Gasteiger partial charge is 0.252 e. The standard InChI is InChI=1S/C26H26N4O2/c1-16-15-22(26(31)28-23-10-6-8-18-7-4-5-9-21(18)23)24-17(2)29-30(25(24)27-16)19-11-13-20(32-3)14-12-19/h4-5,7,9,11-15,23H,6,8,10H2,1-3H3,(H,28,31). The van der Waals surface area contributed by atoms with Gasteiger partial charge in [0.05, 0.1) is 35.5 Å². The van der Waals surface area contributed by atoms with E-state index in [4.69, 9.17) is 14.8 Å². The zero-order valence-electron chi connectivity index (χ0n) is 18.6. The van der Waals surface area contributed by atoms with Crippen LogP contribution in [0.1, 0.15) is 51.8 Å². The highest BCUT2D eigenvalue weighted by atomic mass is 16.5. The molecular formula is C26H26N4O2. The third kappa shape index (κ3) is 3.51. The van der Waals surface area contributed by atoms with Gasteiger partial charge in [0.25, 0.3) is 5.91 Å². The first-order valence-corrected chi connectivity index (χ1v) is 10.9. The van der Waals surface area contributed by atoms with Gasteiger partial charge in [0.2, 0.25) is 0 Å². The molecule has 32 heavy (non-hydrogen) atoms. The van der Waals surface area contributed by atoms with E-state index in [1.165, 1.54) is 11.1 Å². The van der Waals surface area contributed by atoms with Gasteiger partial charge >= 0.3 is 0 Å². The van der Waals surface area contributed by atoms with Crippen LogP contribution in [0.5, 0.6) is 5.75 Å². The first-order valence-electron chi connectivity index (χ1n) is 10.9. The van der Waals surface area contributed by atoms with E-state index in [1.54, 1.807) is 11.8 Å². The monoisotopic (exact) mass is 426 g/mol. The van der Waals surface area contributed by atoms with Gasteiger partial charge in [-0.15, -0.1) is 0 Å². The predicted molar refractivity (Wildman–Crippen MR) is 124 cm³/mol. The maximum absolute atomic E-state index is 13.5. The number of nitrogens with one attached hydrogen (secondary N) is 1. The molecule has 0 spiro atoms. The van der Waals surface area contributed by atoms with E-state index in [2.05, 4.69) is 23.5 Å². The molecule has 0 saturated carbocycles. The molecule has 0 bridgehead atoms. The number of carbonyl (C=O) groups is 1. The molecule has 0 aliphatic heterocycles. The maximum atomic E-state index is 13.5. The van der Waals surface area contributed by atoms with Gasteiger partial charge in [-0.1, -0.05) is 24.3 Å². The van der Waals surface area contributed by atoms with Crippen LogP contribution in [0.2, 0.25) is 0 Å². The van der Waals surface area contributed by atoms with Crippen molar-refractivity contribution in [2.45, 2.75) is 39.2 Å². The van der Waals surface area contributed by atoms with Crippen molar-refractivity contribution < 1.29 is 9.53 Å². The number of nitrogens with zero attached hydrogens (tertiary/aromatic N) is 3. The predicted octanol–water partition coefficient (Wildman–Crippen LogP) is 4.85. The van der Waals surface area contributed by atoms with Crippen LogP contribution < -0.4 is 10.1 Å². The Balaban J connectivity index is 1.55. The Morgan fingerprint density at radius 3 is 2.69 bits per heavy atom. The zero-order valence-corrected chi connectivity index (χ0v) is 18.6. The number of ether oxygens (including phenoxy) is 1. The Hall–Kier alpha value is -3.67. The average Bonchev–Trinajstić information content (AvgIpc) is 3.14. The Bertz CT molecular complexity index is 1310. The third-order valence-electron chi connectivity index (χ3n) is 6.18. The molecule has 6 heteroatoms. The number of hydrogen-bond acceptors (Lipinski definition) is 4. The molecule has 162 valence electrons. The molecule has 5 rings (SSSR count). The molecule has 2 heterocycles. The molecule has 1 amide bonds. The van der Waals surface area contributed by atoms with Crippen LogP contribution in [0.25, 0.3) is 16.7 Å². The summed E-state index contributed by atoms with van der Waals surface area (Å²) in [5.41, 5.74) is 6.27. The Kier molecular flexibility index (Phi) is 5.13. The number of carbonyl (C=O) groups excluding carboxylic acids is 1. The molecular weight excluding hydrogens is 400 g/mol. The second kappa shape index (κ2) is 8.11. The van der Waals surface area contributed by atoms with Gasteiger partial charge in [-0.05, 0) is 74.6 Å². The lowest BCUT2D eigenvalue weighted by atomic mass is 9.87. The minimum Gasteiger partial charge on any atom is -0.497 e. The highest BCUT2D eigenvalue weighted by Gasteiger charge is 2.25. The largest absolute Gasteiger partial charge is 0.497 e. The average molecular weight is 427 g/mol. The molecule has 4 aromatic rings. The molecule has 1 unspecified atom stereocenters. The lowest BCUT2D eigenvalue weighted by Crippen LogP contribution is -2.31. The van der Waals surface area contributed by atoms with Gasteiger partial charge in [0.15, 0.2) is 5.65 Å². The van der Waals surface area contributed by atoms with Crippen LogP contribution in [-0.2, 0) is 6.42 Å². The summed E-state index contributed by atoms with van der Waals surface area (Å²) in [6, 6.07) is 17.9. The molecule has 0 radical (unpaired) electrons. The summed E-state index contributed by atoms with van der Waals surface area (Å²) in [7, 11) is 1.64. The lowest BCUT2D eigenvalue weighted by Gasteiger charge is -2.26. The van der Waals surface area contributed by atoms with Crippen molar-refractivity contribution in [2.24, 2.45) is 0 Å². The van der Waals surface area contributed by atoms with E-state index < -0.39 is 0 Å². The summed E-state index contributed by atoms with van der Waals surface area (Å²) < 4.78 is 7.06. The third-order valence-corrected chi connectivity index (χ3v) is 6.18. The van der Waals surface area contributed by atoms with Crippen LogP contribution in [0.15, 0.2) is 54.6 Å². The SMILES string of the molecule is COc1ccc(-n2nc(C)c3c(C(=O)NC4CCCc5ccccc54)cc(C)nc32)cc1. The Morgan fingerprint density at radius 2 is 1.91 bits per heavy atom.